The molecule has 1 aliphatic carbocycles. The highest BCUT2D eigenvalue weighted by molar-refractivity contribution is 6.32. The lowest BCUT2D eigenvalue weighted by atomic mass is 9.99. The van der Waals surface area contributed by atoms with Gasteiger partial charge in [-0.2, -0.15) is 0 Å². The molecule has 0 amide bonds. The highest BCUT2D eigenvalue weighted by atomic mass is 35.5. The first kappa shape index (κ1) is 14.8. The topological polar surface area (TPSA) is 51.4 Å². The summed E-state index contributed by atoms with van der Waals surface area (Å²) in [6.07, 6.45) is 4.61. The van der Waals surface area contributed by atoms with Gasteiger partial charge in [0.05, 0.1) is 11.6 Å². The Hall–Kier alpha value is -1.75. The number of benzene rings is 1. The van der Waals surface area contributed by atoms with Gasteiger partial charge in [0.15, 0.2) is 0 Å². The van der Waals surface area contributed by atoms with E-state index in [1.54, 1.807) is 0 Å². The Morgan fingerprint density at radius 3 is 2.91 bits per heavy atom. The van der Waals surface area contributed by atoms with Crippen molar-refractivity contribution < 1.29 is 9.15 Å². The highest BCUT2D eigenvalue weighted by Crippen LogP contribution is 2.40. The van der Waals surface area contributed by atoms with Gasteiger partial charge in [-0.1, -0.05) is 28.8 Å². The molecular weight excluding hydrogens is 314 g/mol. The fourth-order valence-electron chi connectivity index (χ4n) is 2.99. The van der Waals surface area contributed by atoms with Gasteiger partial charge in [0.25, 0.3) is 0 Å². The summed E-state index contributed by atoms with van der Waals surface area (Å²) in [7, 11) is 0. The van der Waals surface area contributed by atoms with Crippen molar-refractivity contribution in [2.24, 2.45) is 5.92 Å². The number of hydrogen-bond acceptors (Lipinski definition) is 5. The molecule has 1 unspecified atom stereocenters. The van der Waals surface area contributed by atoms with E-state index >= 15 is 0 Å². The molecule has 2 aliphatic rings. The van der Waals surface area contributed by atoms with Gasteiger partial charge in [-0.3, -0.25) is 0 Å². The molecule has 2 heterocycles. The van der Waals surface area contributed by atoms with E-state index in [4.69, 9.17) is 20.8 Å². The minimum atomic E-state index is 0.441. The van der Waals surface area contributed by atoms with Crippen LogP contribution in [-0.4, -0.2) is 29.9 Å². The van der Waals surface area contributed by atoms with Gasteiger partial charge in [-0.25, -0.2) is 0 Å². The molecule has 2 aromatic rings. The lowest BCUT2D eigenvalue weighted by molar-refractivity contribution is 0.226. The molecule has 23 heavy (non-hydrogen) atoms. The number of rotatable bonds is 5. The van der Waals surface area contributed by atoms with E-state index in [0.29, 0.717) is 29.5 Å². The molecule has 1 atom stereocenters. The van der Waals surface area contributed by atoms with Crippen molar-refractivity contribution in [3.63, 3.8) is 0 Å². The Kier molecular flexibility index (Phi) is 4.12. The molecule has 5 nitrogen and oxygen atoms in total. The predicted molar refractivity (Wildman–Crippen MR) is 88.2 cm³/mol. The van der Waals surface area contributed by atoms with Crippen molar-refractivity contribution in [2.75, 3.05) is 24.6 Å². The molecule has 0 radical (unpaired) electrons. The minimum Gasteiger partial charge on any atom is -0.492 e. The van der Waals surface area contributed by atoms with Gasteiger partial charge >= 0.3 is 6.01 Å². The first-order chi connectivity index (χ1) is 11.3. The Morgan fingerprint density at radius 1 is 1.22 bits per heavy atom. The highest BCUT2D eigenvalue weighted by Gasteiger charge is 2.31. The van der Waals surface area contributed by atoms with Crippen LogP contribution in [0.2, 0.25) is 5.02 Å². The van der Waals surface area contributed by atoms with Gasteiger partial charge in [-0.05, 0) is 37.8 Å². The summed E-state index contributed by atoms with van der Waals surface area (Å²) < 4.78 is 11.7. The molecule has 6 heteroatoms. The summed E-state index contributed by atoms with van der Waals surface area (Å²) in [5.41, 5.74) is 0. The van der Waals surface area contributed by atoms with Crippen LogP contribution in [0.1, 0.15) is 37.5 Å². The number of para-hydroxylation sites is 1. The number of aromatic nitrogens is 2. The number of ether oxygens (including phenoxy) is 1. The van der Waals surface area contributed by atoms with Crippen LogP contribution in [-0.2, 0) is 0 Å². The molecule has 0 N–H and O–H groups in total. The summed E-state index contributed by atoms with van der Waals surface area (Å²) in [4.78, 5) is 2.18. The number of hydrogen-bond donors (Lipinski definition) is 0. The van der Waals surface area contributed by atoms with Gasteiger partial charge < -0.3 is 14.1 Å². The molecule has 0 bridgehead atoms. The van der Waals surface area contributed by atoms with Crippen molar-refractivity contribution in [1.29, 1.82) is 0 Å². The standard InChI is InChI=1S/C17H20ClN3O2/c18-14-5-1-2-6-15(14)22-11-12-4-3-9-21(10-12)17-20-19-16(23-17)13-7-8-13/h1-2,5-6,12-13H,3-4,7-11H2. The zero-order valence-electron chi connectivity index (χ0n) is 12.9. The summed E-state index contributed by atoms with van der Waals surface area (Å²) in [6, 6.07) is 8.26. The Balaban J connectivity index is 1.35. The summed E-state index contributed by atoms with van der Waals surface area (Å²) >= 11 is 6.14. The van der Waals surface area contributed by atoms with Crippen LogP contribution >= 0.6 is 11.6 Å². The summed E-state index contributed by atoms with van der Waals surface area (Å²) in [6.45, 7) is 2.51. The Bertz CT molecular complexity index is 671. The fraction of sp³-hybridized carbons (Fsp3) is 0.529. The van der Waals surface area contributed by atoms with Crippen LogP contribution in [0.15, 0.2) is 28.7 Å². The van der Waals surface area contributed by atoms with Crippen LogP contribution in [0.3, 0.4) is 0 Å². The van der Waals surface area contributed by atoms with Gasteiger partial charge in [0, 0.05) is 24.9 Å². The second-order valence-electron chi connectivity index (χ2n) is 6.39. The summed E-state index contributed by atoms with van der Waals surface area (Å²) in [5, 5.41) is 9.05. The normalized spacial score (nSPS) is 21.4. The summed E-state index contributed by atoms with van der Waals surface area (Å²) in [5.74, 6) is 2.49. The predicted octanol–water partition coefficient (Wildman–Crippen LogP) is 3.90. The third kappa shape index (κ3) is 3.44. The average Bonchev–Trinajstić information content (AvgIpc) is 3.31. The molecule has 1 aromatic heterocycles. The van der Waals surface area contributed by atoms with Crippen molar-refractivity contribution in [3.05, 3.63) is 35.2 Å². The maximum absolute atomic E-state index is 6.14. The molecule has 122 valence electrons. The molecular formula is C17H20ClN3O2. The zero-order valence-corrected chi connectivity index (χ0v) is 13.7. The molecule has 0 spiro atoms. The molecule has 1 aliphatic heterocycles. The van der Waals surface area contributed by atoms with Crippen LogP contribution in [0.25, 0.3) is 0 Å². The largest absolute Gasteiger partial charge is 0.492 e. The van der Waals surface area contributed by atoms with Crippen molar-refractivity contribution in [2.45, 2.75) is 31.6 Å². The molecule has 1 saturated carbocycles. The second-order valence-corrected chi connectivity index (χ2v) is 6.80. The van der Waals surface area contributed by atoms with E-state index < -0.39 is 0 Å². The quantitative estimate of drug-likeness (QED) is 0.830. The fourth-order valence-corrected chi connectivity index (χ4v) is 3.18. The van der Waals surface area contributed by atoms with Crippen molar-refractivity contribution in [1.82, 2.24) is 10.2 Å². The van der Waals surface area contributed by atoms with Gasteiger partial charge in [0.1, 0.15) is 5.75 Å². The average molecular weight is 334 g/mol. The Labute approximate surface area is 140 Å². The minimum absolute atomic E-state index is 0.441. The maximum atomic E-state index is 6.14. The molecule has 1 aromatic carbocycles. The monoisotopic (exact) mass is 333 g/mol. The second kappa shape index (κ2) is 6.40. The van der Waals surface area contributed by atoms with Crippen LogP contribution < -0.4 is 9.64 Å². The number of nitrogens with zero attached hydrogens (tertiary/aromatic N) is 3. The van der Waals surface area contributed by atoms with E-state index in [0.717, 1.165) is 37.6 Å². The van der Waals surface area contributed by atoms with E-state index in [2.05, 4.69) is 15.1 Å². The SMILES string of the molecule is Clc1ccccc1OCC1CCCN(c2nnc(C3CC3)o2)C1. The van der Waals surface area contributed by atoms with E-state index in [1.807, 2.05) is 24.3 Å². The number of halogens is 1. The lowest BCUT2D eigenvalue weighted by Crippen LogP contribution is -2.38. The first-order valence-electron chi connectivity index (χ1n) is 8.25. The first-order valence-corrected chi connectivity index (χ1v) is 8.63. The van der Waals surface area contributed by atoms with E-state index in [9.17, 15) is 0 Å². The van der Waals surface area contributed by atoms with Crippen LogP contribution in [0.4, 0.5) is 6.01 Å². The van der Waals surface area contributed by atoms with Crippen LogP contribution in [0.5, 0.6) is 5.75 Å². The molecule has 4 rings (SSSR count). The van der Waals surface area contributed by atoms with E-state index in [-0.39, 0.29) is 0 Å². The smallest absolute Gasteiger partial charge is 0.318 e. The van der Waals surface area contributed by atoms with Gasteiger partial charge in [-0.15, -0.1) is 5.10 Å². The van der Waals surface area contributed by atoms with Gasteiger partial charge in [0.2, 0.25) is 5.89 Å². The Morgan fingerprint density at radius 2 is 2.09 bits per heavy atom. The number of anilines is 1. The number of piperidine rings is 1. The lowest BCUT2D eigenvalue weighted by Gasteiger charge is -2.31. The van der Waals surface area contributed by atoms with Crippen molar-refractivity contribution in [3.8, 4) is 5.75 Å². The molecule has 1 saturated heterocycles. The third-order valence-corrected chi connectivity index (χ3v) is 4.77. The van der Waals surface area contributed by atoms with Crippen LogP contribution in [0, 0.1) is 5.92 Å². The van der Waals surface area contributed by atoms with Crippen molar-refractivity contribution >= 4 is 17.6 Å². The maximum Gasteiger partial charge on any atom is 0.318 e. The zero-order chi connectivity index (χ0) is 15.6. The third-order valence-electron chi connectivity index (χ3n) is 4.46. The molecule has 2 fully saturated rings. The van der Waals surface area contributed by atoms with E-state index in [1.165, 1.54) is 12.8 Å².